The molecule has 0 unspecified atom stereocenters. The number of aromatic nitrogens is 1. The van der Waals surface area contributed by atoms with Gasteiger partial charge in [0.05, 0.1) is 12.7 Å². The fourth-order valence-corrected chi connectivity index (χ4v) is 5.79. The lowest BCUT2D eigenvalue weighted by molar-refractivity contribution is 0.0822. The van der Waals surface area contributed by atoms with Crippen molar-refractivity contribution < 1.29 is 27.8 Å². The Morgan fingerprint density at radius 3 is 2.78 bits per heavy atom. The van der Waals surface area contributed by atoms with Crippen LogP contribution in [0.25, 0.3) is 0 Å². The van der Waals surface area contributed by atoms with Crippen molar-refractivity contribution >= 4 is 25.0 Å². The number of phenolic OH excluding ortho intramolecular Hbond substituents is 1. The van der Waals surface area contributed by atoms with Gasteiger partial charge in [0.25, 0.3) is 0 Å². The van der Waals surface area contributed by atoms with E-state index >= 15 is 0 Å². The number of nitrogens with zero attached hydrogens (tertiary/aromatic N) is 1. The molecule has 1 aromatic heterocycles. The number of pyridine rings is 1. The number of aromatic hydroxyl groups is 1. The van der Waals surface area contributed by atoms with Crippen molar-refractivity contribution in [1.29, 1.82) is 0 Å². The summed E-state index contributed by atoms with van der Waals surface area (Å²) in [6, 6.07) is 12.6. The first kappa shape index (κ1) is 26.4. The predicted molar refractivity (Wildman–Crippen MR) is 138 cm³/mol. The Hall–Kier alpha value is -2.64. The van der Waals surface area contributed by atoms with Crippen LogP contribution in [-0.4, -0.2) is 23.0 Å². The molecule has 4 rings (SSSR count). The molecule has 2 aromatic carbocycles. The number of hydrogen-bond donors (Lipinski definition) is 2. The third-order valence-corrected chi connectivity index (χ3v) is 7.96. The number of anilines is 1. The van der Waals surface area contributed by atoms with Crippen molar-refractivity contribution in [1.82, 2.24) is 4.98 Å². The molecule has 2 heterocycles. The monoisotopic (exact) mass is 534 g/mol. The predicted octanol–water partition coefficient (Wildman–Crippen LogP) is 7.85. The van der Waals surface area contributed by atoms with Gasteiger partial charge in [0.1, 0.15) is 28.6 Å². The molecule has 0 spiro atoms. The molecule has 0 amide bonds. The highest BCUT2D eigenvalue weighted by molar-refractivity contribution is 7.54. The molecule has 0 aliphatic carbocycles. The molecule has 1 saturated heterocycles. The molecule has 3 aromatic rings. The third kappa shape index (κ3) is 5.84. The van der Waals surface area contributed by atoms with Gasteiger partial charge in [-0.15, -0.1) is 0 Å². The Balaban J connectivity index is 1.54. The van der Waals surface area contributed by atoms with Crippen LogP contribution in [0.15, 0.2) is 42.5 Å². The van der Waals surface area contributed by atoms with Crippen molar-refractivity contribution in [3.05, 3.63) is 75.7 Å². The average Bonchev–Trinajstić information content (AvgIpc) is 2.84. The lowest BCUT2D eigenvalue weighted by atomic mass is 10.0. The maximum Gasteiger partial charge on any atom is 0.350 e. The minimum absolute atomic E-state index is 0.0489. The van der Waals surface area contributed by atoms with Crippen molar-refractivity contribution in [3.63, 3.8) is 0 Å². The van der Waals surface area contributed by atoms with E-state index in [1.807, 2.05) is 45.0 Å². The molecule has 192 valence electrons. The second-order valence-corrected chi connectivity index (χ2v) is 11.5. The quantitative estimate of drug-likeness (QED) is 0.235. The van der Waals surface area contributed by atoms with Crippen LogP contribution in [0.4, 0.5) is 10.2 Å². The first-order valence-electron chi connectivity index (χ1n) is 11.6. The zero-order chi connectivity index (χ0) is 26.0. The van der Waals surface area contributed by atoms with Gasteiger partial charge in [-0.25, -0.2) is 4.98 Å². The summed E-state index contributed by atoms with van der Waals surface area (Å²) in [7, 11) is -3.54. The lowest BCUT2D eigenvalue weighted by Gasteiger charge is -2.30. The van der Waals surface area contributed by atoms with Crippen LogP contribution in [0, 0.1) is 19.8 Å². The van der Waals surface area contributed by atoms with Crippen LogP contribution < -0.4 is 10.1 Å². The summed E-state index contributed by atoms with van der Waals surface area (Å²) in [6.45, 7) is 7.78. The summed E-state index contributed by atoms with van der Waals surface area (Å²) < 4.78 is 45.3. The van der Waals surface area contributed by atoms with Crippen LogP contribution in [0.5, 0.6) is 17.2 Å². The highest BCUT2D eigenvalue weighted by Gasteiger charge is 2.35. The van der Waals surface area contributed by atoms with E-state index in [1.165, 1.54) is 6.07 Å². The largest absolute Gasteiger partial charge is 0.508 e. The zero-order valence-corrected chi connectivity index (χ0v) is 22.2. The van der Waals surface area contributed by atoms with Gasteiger partial charge in [-0.1, -0.05) is 55.3 Å². The zero-order valence-electron chi connectivity index (χ0n) is 20.5. The highest BCUT2D eigenvalue weighted by atomic mass is 35.5. The molecular formula is C26H29ClFN2O5P. The van der Waals surface area contributed by atoms with Crippen molar-refractivity contribution in [2.24, 2.45) is 0 Å². The molecular weight excluding hydrogens is 506 g/mol. The number of benzene rings is 2. The van der Waals surface area contributed by atoms with Gasteiger partial charge in [0.15, 0.2) is 5.75 Å². The number of phenols is 1. The van der Waals surface area contributed by atoms with E-state index in [-0.39, 0.29) is 47.3 Å². The Morgan fingerprint density at radius 1 is 1.28 bits per heavy atom. The fraction of sp³-hybridized carbons (Fsp3) is 0.346. The molecule has 0 bridgehead atoms. The van der Waals surface area contributed by atoms with Gasteiger partial charge in [-0.2, -0.15) is 4.39 Å². The number of nitrogens with one attached hydrogen (secondary N) is 1. The van der Waals surface area contributed by atoms with Crippen LogP contribution in [0.2, 0.25) is 5.02 Å². The Morgan fingerprint density at radius 2 is 2.06 bits per heavy atom. The van der Waals surface area contributed by atoms with Gasteiger partial charge in [-0.05, 0) is 43.5 Å². The Labute approximate surface area is 215 Å². The van der Waals surface area contributed by atoms with Gasteiger partial charge < -0.3 is 19.7 Å². The van der Waals surface area contributed by atoms with Crippen LogP contribution in [0.1, 0.15) is 54.5 Å². The smallest absolute Gasteiger partial charge is 0.350 e. The van der Waals surface area contributed by atoms with Crippen molar-refractivity contribution in [2.75, 3.05) is 18.2 Å². The summed E-state index contributed by atoms with van der Waals surface area (Å²) in [5.41, 5.74) is 3.10. The summed E-state index contributed by atoms with van der Waals surface area (Å²) in [6.07, 6.45) is -0.00486. The lowest BCUT2D eigenvalue weighted by Crippen LogP contribution is -2.19. The molecule has 1 aliphatic rings. The SMILES string of the molecule is Cc1cccc([C@@H]2CCO[P@@](=O)(CNc3nc(F)c(Cl)c(Oc4ccc(O)c(C(C)C)c4)c3C)O2)c1. The summed E-state index contributed by atoms with van der Waals surface area (Å²) in [4.78, 5) is 3.88. The van der Waals surface area contributed by atoms with Gasteiger partial charge in [0, 0.05) is 17.5 Å². The summed E-state index contributed by atoms with van der Waals surface area (Å²) >= 11 is 6.19. The van der Waals surface area contributed by atoms with Crippen molar-refractivity contribution in [3.8, 4) is 17.2 Å². The average molecular weight is 535 g/mol. The third-order valence-electron chi connectivity index (χ3n) is 5.94. The van der Waals surface area contributed by atoms with Gasteiger partial charge in [-0.3, -0.25) is 9.09 Å². The molecule has 0 radical (unpaired) electrons. The number of rotatable bonds is 7. The number of aryl methyl sites for hydroxylation is 1. The number of halogens is 2. The highest BCUT2D eigenvalue weighted by Crippen LogP contribution is 2.56. The van der Waals surface area contributed by atoms with E-state index in [0.717, 1.165) is 11.1 Å². The van der Waals surface area contributed by atoms with Crippen molar-refractivity contribution in [2.45, 2.75) is 46.1 Å². The summed E-state index contributed by atoms with van der Waals surface area (Å²) in [5.74, 6) is -0.199. The molecule has 7 nitrogen and oxygen atoms in total. The van der Waals surface area contributed by atoms with Crippen LogP contribution in [-0.2, 0) is 13.6 Å². The van der Waals surface area contributed by atoms with Gasteiger partial charge in [0.2, 0.25) is 5.95 Å². The molecule has 36 heavy (non-hydrogen) atoms. The second kappa shape index (κ2) is 10.8. The molecule has 1 aliphatic heterocycles. The van der Waals surface area contributed by atoms with Gasteiger partial charge >= 0.3 is 7.60 Å². The first-order chi connectivity index (χ1) is 17.1. The van der Waals surface area contributed by atoms with E-state index in [2.05, 4.69) is 10.3 Å². The molecule has 1 fully saturated rings. The molecule has 10 heteroatoms. The maximum absolute atomic E-state index is 14.6. The number of hydrogen-bond acceptors (Lipinski definition) is 7. The summed E-state index contributed by atoms with van der Waals surface area (Å²) in [5, 5.41) is 12.7. The maximum atomic E-state index is 14.6. The number of ether oxygens (including phenoxy) is 1. The first-order valence-corrected chi connectivity index (χ1v) is 13.8. The minimum Gasteiger partial charge on any atom is -0.508 e. The topological polar surface area (TPSA) is 89.9 Å². The molecule has 2 atom stereocenters. The fourth-order valence-electron chi connectivity index (χ4n) is 4.00. The normalized spacial score (nSPS) is 19.9. The second-order valence-electron chi connectivity index (χ2n) is 9.07. The standard InChI is InChI=1S/C26H29ClFN2O5P/c1-15(2)20-13-19(8-9-21(20)31)34-24-17(4)26(30-25(28)23(24)27)29-14-36(32)33-11-10-22(35-36)18-7-5-6-16(3)12-18/h5-9,12-13,15,22,31H,10-11,14H2,1-4H3,(H,29,30)/t22-,36-/m0/s1. The Kier molecular flexibility index (Phi) is 7.90. The van der Waals surface area contributed by atoms with E-state index < -0.39 is 13.5 Å². The van der Waals surface area contributed by atoms with E-state index in [9.17, 15) is 14.1 Å². The minimum atomic E-state index is -3.54. The van der Waals surface area contributed by atoms with Crippen LogP contribution >= 0.6 is 19.2 Å². The molecule has 0 saturated carbocycles. The van der Waals surface area contributed by atoms with E-state index in [0.29, 0.717) is 23.3 Å². The van der Waals surface area contributed by atoms with E-state index in [4.69, 9.17) is 25.4 Å². The Bertz CT molecular complexity index is 1320. The molecule has 2 N–H and O–H groups in total. The van der Waals surface area contributed by atoms with Crippen LogP contribution in [0.3, 0.4) is 0 Å². The van der Waals surface area contributed by atoms with E-state index in [1.54, 1.807) is 19.1 Å².